The highest BCUT2D eigenvalue weighted by atomic mass is 16.2. The first-order valence-corrected chi connectivity index (χ1v) is 7.29. The molecule has 1 fully saturated rings. The van der Waals surface area contributed by atoms with Crippen LogP contribution < -0.4 is 0 Å². The summed E-state index contributed by atoms with van der Waals surface area (Å²) in [4.78, 5) is 20.9. The zero-order chi connectivity index (χ0) is 14.4. The standard InChI is InChI=1S/C16H18N4O/c1-18-14-10-19(9-12-4-2-6-17-8-12)11-15(14)20-7-3-5-13(20)16(18)21/h2-8,14-15H,9-11H2,1H3/t14-,15-/m1/s1. The van der Waals surface area contributed by atoms with Gasteiger partial charge in [0.1, 0.15) is 5.69 Å². The van der Waals surface area contributed by atoms with E-state index in [2.05, 4.69) is 20.5 Å². The van der Waals surface area contributed by atoms with Crippen molar-refractivity contribution in [3.05, 3.63) is 54.1 Å². The lowest BCUT2D eigenvalue weighted by atomic mass is 10.1. The van der Waals surface area contributed by atoms with E-state index in [1.807, 2.05) is 42.5 Å². The highest BCUT2D eigenvalue weighted by Gasteiger charge is 2.43. The van der Waals surface area contributed by atoms with Crippen LogP contribution in [-0.2, 0) is 6.54 Å². The first-order valence-electron chi connectivity index (χ1n) is 7.29. The predicted octanol–water partition coefficient (Wildman–Crippen LogP) is 1.39. The number of rotatable bonds is 2. The van der Waals surface area contributed by atoms with Crippen molar-refractivity contribution in [2.24, 2.45) is 0 Å². The Morgan fingerprint density at radius 3 is 2.90 bits per heavy atom. The molecule has 0 spiro atoms. The van der Waals surface area contributed by atoms with Crippen molar-refractivity contribution >= 4 is 5.91 Å². The first kappa shape index (κ1) is 12.6. The van der Waals surface area contributed by atoms with E-state index in [1.54, 1.807) is 6.20 Å². The molecule has 0 radical (unpaired) electrons. The van der Waals surface area contributed by atoms with Gasteiger partial charge in [0.15, 0.2) is 0 Å². The number of amides is 1. The van der Waals surface area contributed by atoms with Gasteiger partial charge in [-0.2, -0.15) is 0 Å². The summed E-state index contributed by atoms with van der Waals surface area (Å²) in [5, 5.41) is 0. The Labute approximate surface area is 123 Å². The highest BCUT2D eigenvalue weighted by molar-refractivity contribution is 5.93. The summed E-state index contributed by atoms with van der Waals surface area (Å²) in [6.45, 7) is 2.78. The second kappa shape index (κ2) is 4.70. The van der Waals surface area contributed by atoms with Crippen LogP contribution in [0.4, 0.5) is 0 Å². The van der Waals surface area contributed by atoms with Gasteiger partial charge in [-0.25, -0.2) is 0 Å². The average Bonchev–Trinajstić information content (AvgIpc) is 3.12. The number of nitrogens with zero attached hydrogens (tertiary/aromatic N) is 4. The minimum Gasteiger partial charge on any atom is -0.337 e. The number of likely N-dealkylation sites (N-methyl/N-ethyl adjacent to an activating group) is 1. The van der Waals surface area contributed by atoms with E-state index < -0.39 is 0 Å². The van der Waals surface area contributed by atoms with E-state index in [9.17, 15) is 4.79 Å². The molecule has 2 aromatic heterocycles. The molecule has 1 saturated heterocycles. The summed E-state index contributed by atoms with van der Waals surface area (Å²) >= 11 is 0. The molecular formula is C16H18N4O. The predicted molar refractivity (Wildman–Crippen MR) is 78.9 cm³/mol. The van der Waals surface area contributed by atoms with E-state index >= 15 is 0 Å². The second-order valence-electron chi connectivity index (χ2n) is 5.91. The third-order valence-electron chi connectivity index (χ3n) is 4.64. The van der Waals surface area contributed by atoms with Crippen LogP contribution in [-0.4, -0.2) is 51.4 Å². The molecule has 2 aliphatic rings. The zero-order valence-electron chi connectivity index (χ0n) is 12.0. The van der Waals surface area contributed by atoms with Gasteiger partial charge in [0.05, 0.1) is 12.1 Å². The van der Waals surface area contributed by atoms with E-state index in [0.717, 1.165) is 25.3 Å². The number of hydrogen-bond acceptors (Lipinski definition) is 3. The molecule has 0 aliphatic carbocycles. The topological polar surface area (TPSA) is 41.4 Å². The Balaban J connectivity index is 1.59. The quantitative estimate of drug-likeness (QED) is 0.836. The summed E-state index contributed by atoms with van der Waals surface area (Å²) in [5.41, 5.74) is 2.03. The van der Waals surface area contributed by atoms with Crippen LogP contribution in [0.25, 0.3) is 0 Å². The maximum absolute atomic E-state index is 12.4. The Hall–Kier alpha value is -2.14. The Bertz CT molecular complexity index is 666. The molecule has 2 aliphatic heterocycles. The number of hydrogen-bond donors (Lipinski definition) is 0. The van der Waals surface area contributed by atoms with E-state index in [1.165, 1.54) is 5.56 Å². The van der Waals surface area contributed by atoms with Gasteiger partial charge in [-0.05, 0) is 23.8 Å². The number of aromatic nitrogens is 2. The smallest absolute Gasteiger partial charge is 0.270 e. The normalized spacial score (nSPS) is 25.0. The van der Waals surface area contributed by atoms with Crippen LogP contribution >= 0.6 is 0 Å². The van der Waals surface area contributed by atoms with Gasteiger partial charge in [-0.15, -0.1) is 0 Å². The van der Waals surface area contributed by atoms with E-state index in [0.29, 0.717) is 6.04 Å². The maximum Gasteiger partial charge on any atom is 0.270 e. The highest BCUT2D eigenvalue weighted by Crippen LogP contribution is 2.33. The summed E-state index contributed by atoms with van der Waals surface area (Å²) in [7, 11) is 1.92. The van der Waals surface area contributed by atoms with Crippen molar-refractivity contribution in [1.29, 1.82) is 0 Å². The van der Waals surface area contributed by atoms with Gasteiger partial charge in [0, 0.05) is 45.3 Å². The summed E-state index contributed by atoms with van der Waals surface area (Å²) in [6, 6.07) is 8.57. The molecule has 0 saturated carbocycles. The first-order chi connectivity index (χ1) is 10.2. The Morgan fingerprint density at radius 1 is 1.24 bits per heavy atom. The molecule has 5 heteroatoms. The molecule has 4 rings (SSSR count). The molecule has 0 bridgehead atoms. The minimum absolute atomic E-state index is 0.129. The lowest BCUT2D eigenvalue weighted by Gasteiger charge is -2.35. The fourth-order valence-electron chi connectivity index (χ4n) is 3.58. The number of fused-ring (bicyclic) bond motifs is 3. The molecule has 1 amide bonds. The van der Waals surface area contributed by atoms with Crippen LogP contribution in [0.5, 0.6) is 0 Å². The lowest BCUT2D eigenvalue weighted by molar-refractivity contribution is 0.0643. The van der Waals surface area contributed by atoms with Gasteiger partial charge in [0.25, 0.3) is 5.91 Å². The molecule has 0 unspecified atom stereocenters. The SMILES string of the molecule is CN1C(=O)c2cccn2[C@@H]2CN(Cc3cccnc3)C[C@H]21. The number of carbonyl (C=O) groups is 1. The van der Waals surface area contributed by atoms with Crippen molar-refractivity contribution in [2.45, 2.75) is 18.6 Å². The van der Waals surface area contributed by atoms with Gasteiger partial charge in [-0.1, -0.05) is 6.07 Å². The van der Waals surface area contributed by atoms with Gasteiger partial charge in [-0.3, -0.25) is 14.7 Å². The number of pyridine rings is 1. The van der Waals surface area contributed by atoms with E-state index in [4.69, 9.17) is 0 Å². The lowest BCUT2D eigenvalue weighted by Crippen LogP contribution is -2.48. The zero-order valence-corrected chi connectivity index (χ0v) is 12.0. The van der Waals surface area contributed by atoms with Gasteiger partial charge < -0.3 is 9.47 Å². The third kappa shape index (κ3) is 1.96. The van der Waals surface area contributed by atoms with Crippen molar-refractivity contribution in [2.75, 3.05) is 20.1 Å². The molecule has 21 heavy (non-hydrogen) atoms. The molecule has 0 aromatic carbocycles. The van der Waals surface area contributed by atoms with Crippen molar-refractivity contribution < 1.29 is 4.79 Å². The Morgan fingerprint density at radius 2 is 2.10 bits per heavy atom. The fourth-order valence-corrected chi connectivity index (χ4v) is 3.58. The van der Waals surface area contributed by atoms with Gasteiger partial charge in [0.2, 0.25) is 0 Å². The van der Waals surface area contributed by atoms with Gasteiger partial charge >= 0.3 is 0 Å². The molecular weight excluding hydrogens is 264 g/mol. The molecule has 2 atom stereocenters. The molecule has 2 aromatic rings. The van der Waals surface area contributed by atoms with Crippen LogP contribution in [0.15, 0.2) is 42.9 Å². The summed E-state index contributed by atoms with van der Waals surface area (Å²) < 4.78 is 2.15. The van der Waals surface area contributed by atoms with Crippen molar-refractivity contribution in [1.82, 2.24) is 19.4 Å². The summed E-state index contributed by atoms with van der Waals surface area (Å²) in [5.74, 6) is 0.129. The average molecular weight is 282 g/mol. The monoisotopic (exact) mass is 282 g/mol. The minimum atomic E-state index is 0.129. The van der Waals surface area contributed by atoms with Crippen LogP contribution in [0.1, 0.15) is 22.1 Å². The molecule has 4 heterocycles. The largest absolute Gasteiger partial charge is 0.337 e. The number of carbonyl (C=O) groups excluding carboxylic acids is 1. The maximum atomic E-state index is 12.4. The van der Waals surface area contributed by atoms with Crippen LogP contribution in [0.2, 0.25) is 0 Å². The number of likely N-dealkylation sites (tertiary alicyclic amines) is 1. The van der Waals surface area contributed by atoms with Crippen molar-refractivity contribution in [3.63, 3.8) is 0 Å². The van der Waals surface area contributed by atoms with Crippen LogP contribution in [0.3, 0.4) is 0 Å². The fraction of sp³-hybridized carbons (Fsp3) is 0.375. The Kier molecular flexibility index (Phi) is 2.82. The molecule has 108 valence electrons. The van der Waals surface area contributed by atoms with Crippen LogP contribution in [0, 0.1) is 0 Å². The third-order valence-corrected chi connectivity index (χ3v) is 4.64. The summed E-state index contributed by atoms with van der Waals surface area (Å²) in [6.07, 6.45) is 5.75. The second-order valence-corrected chi connectivity index (χ2v) is 5.91. The molecule has 0 N–H and O–H groups in total. The molecule has 5 nitrogen and oxygen atoms in total. The van der Waals surface area contributed by atoms with Crippen molar-refractivity contribution in [3.8, 4) is 0 Å². The van der Waals surface area contributed by atoms with E-state index in [-0.39, 0.29) is 11.9 Å².